The van der Waals surface area contributed by atoms with Crippen molar-refractivity contribution < 1.29 is 5.11 Å². The van der Waals surface area contributed by atoms with Crippen molar-refractivity contribution >= 4 is 22.9 Å². The van der Waals surface area contributed by atoms with E-state index in [1.54, 1.807) is 0 Å². The molecule has 32 heavy (non-hydrogen) atoms. The average molecular weight is 432 g/mol. The van der Waals surface area contributed by atoms with E-state index in [0.29, 0.717) is 24.0 Å². The number of hydrogen-bond donors (Lipinski definition) is 2. The van der Waals surface area contributed by atoms with Crippen molar-refractivity contribution in [2.75, 3.05) is 43.4 Å². The second kappa shape index (κ2) is 8.07. The summed E-state index contributed by atoms with van der Waals surface area (Å²) in [6.45, 7) is 4.78. The summed E-state index contributed by atoms with van der Waals surface area (Å²) in [5.74, 6) is 3.21. The van der Waals surface area contributed by atoms with Crippen molar-refractivity contribution in [3.05, 3.63) is 47.5 Å². The molecule has 168 valence electrons. The molecule has 3 fully saturated rings. The third-order valence-corrected chi connectivity index (χ3v) is 7.98. The smallest absolute Gasteiger partial charge is 0.227 e. The third kappa shape index (κ3) is 3.64. The summed E-state index contributed by atoms with van der Waals surface area (Å²) in [5.41, 5.74) is 5.50. The van der Waals surface area contributed by atoms with Crippen LogP contribution < -0.4 is 10.2 Å². The fourth-order valence-electron chi connectivity index (χ4n) is 6.37. The number of rotatable bonds is 4. The van der Waals surface area contributed by atoms with E-state index in [2.05, 4.69) is 51.4 Å². The molecular formula is C26H33N5O. The van der Waals surface area contributed by atoms with Gasteiger partial charge in [0, 0.05) is 55.7 Å². The van der Waals surface area contributed by atoms with E-state index < -0.39 is 0 Å². The highest BCUT2D eigenvalue weighted by Gasteiger charge is 2.38. The van der Waals surface area contributed by atoms with Crippen LogP contribution in [0.15, 0.2) is 36.2 Å². The standard InChI is InChI=1S/C26H33N5O/c1-30-13-19-15-31(16-20(19)14-30)22-9-7-21(8-10-22)28-26-27-12-18-6-11-23(32)24(25(18)29-26)17-4-2-3-5-17/h7-10,12,17,19-20,32H,2-6,11,13-16H2,1H3,(H,27,28,29). The van der Waals surface area contributed by atoms with Crippen LogP contribution in [0, 0.1) is 17.8 Å². The Hall–Kier alpha value is -2.60. The zero-order valence-corrected chi connectivity index (χ0v) is 18.9. The third-order valence-electron chi connectivity index (χ3n) is 7.98. The van der Waals surface area contributed by atoms with Gasteiger partial charge >= 0.3 is 0 Å². The van der Waals surface area contributed by atoms with Crippen molar-refractivity contribution in [1.82, 2.24) is 14.9 Å². The van der Waals surface area contributed by atoms with Crippen molar-refractivity contribution in [2.45, 2.75) is 38.5 Å². The van der Waals surface area contributed by atoms with Crippen molar-refractivity contribution in [3.8, 4) is 0 Å². The summed E-state index contributed by atoms with van der Waals surface area (Å²) < 4.78 is 0. The lowest BCUT2D eigenvalue weighted by Crippen LogP contribution is -2.26. The molecule has 1 aromatic heterocycles. The van der Waals surface area contributed by atoms with E-state index in [1.807, 2.05) is 6.20 Å². The molecule has 6 rings (SSSR count). The molecule has 0 amide bonds. The molecule has 2 atom stereocenters. The van der Waals surface area contributed by atoms with Crippen LogP contribution in [0.5, 0.6) is 0 Å². The number of aromatic nitrogens is 2. The quantitative estimate of drug-likeness (QED) is 0.736. The van der Waals surface area contributed by atoms with Gasteiger partial charge in [0.1, 0.15) is 0 Å². The van der Waals surface area contributed by atoms with Crippen LogP contribution in [-0.4, -0.2) is 53.2 Å². The highest BCUT2D eigenvalue weighted by molar-refractivity contribution is 5.72. The largest absolute Gasteiger partial charge is 0.512 e. The summed E-state index contributed by atoms with van der Waals surface area (Å²) >= 11 is 0. The predicted molar refractivity (Wildman–Crippen MR) is 128 cm³/mol. The number of likely N-dealkylation sites (tertiary alicyclic amines) is 1. The van der Waals surface area contributed by atoms with Gasteiger partial charge < -0.3 is 20.2 Å². The van der Waals surface area contributed by atoms with Crippen LogP contribution in [0.3, 0.4) is 0 Å². The van der Waals surface area contributed by atoms with Crippen LogP contribution in [0.25, 0.3) is 5.57 Å². The van der Waals surface area contributed by atoms with Gasteiger partial charge in [0.2, 0.25) is 5.95 Å². The Bertz CT molecular complexity index is 1010. The minimum absolute atomic E-state index is 0.441. The summed E-state index contributed by atoms with van der Waals surface area (Å²) in [7, 11) is 2.24. The first-order chi connectivity index (χ1) is 15.6. The van der Waals surface area contributed by atoms with Crippen LogP contribution in [0.1, 0.15) is 43.4 Å². The second-order valence-electron chi connectivity index (χ2n) is 10.2. The number of allylic oxidation sites excluding steroid dienone is 2. The molecule has 0 radical (unpaired) electrons. The number of hydrogen-bond acceptors (Lipinski definition) is 6. The molecule has 6 heteroatoms. The highest BCUT2D eigenvalue weighted by Crippen LogP contribution is 2.42. The molecule has 2 saturated heterocycles. The Balaban J connectivity index is 1.18. The van der Waals surface area contributed by atoms with Gasteiger partial charge in [-0.3, -0.25) is 0 Å². The van der Waals surface area contributed by atoms with Crippen molar-refractivity contribution in [2.24, 2.45) is 17.8 Å². The molecule has 2 aliphatic heterocycles. The number of fused-ring (bicyclic) bond motifs is 2. The van der Waals surface area contributed by atoms with E-state index >= 15 is 0 Å². The Morgan fingerprint density at radius 1 is 0.969 bits per heavy atom. The first-order valence-electron chi connectivity index (χ1n) is 12.2. The molecule has 6 nitrogen and oxygen atoms in total. The normalized spacial score (nSPS) is 26.0. The molecule has 1 saturated carbocycles. The van der Waals surface area contributed by atoms with E-state index in [0.717, 1.165) is 66.7 Å². The number of nitrogens with zero attached hydrogens (tertiary/aromatic N) is 4. The number of aliphatic hydroxyl groups excluding tert-OH is 1. The monoisotopic (exact) mass is 431 g/mol. The lowest BCUT2D eigenvalue weighted by atomic mass is 9.85. The number of anilines is 3. The average Bonchev–Trinajstić information content (AvgIpc) is 3.51. The number of nitrogens with one attached hydrogen (secondary N) is 1. The van der Waals surface area contributed by atoms with Gasteiger partial charge in [0.15, 0.2) is 0 Å². The van der Waals surface area contributed by atoms with Crippen molar-refractivity contribution in [3.63, 3.8) is 0 Å². The van der Waals surface area contributed by atoms with Gasteiger partial charge in [0.05, 0.1) is 11.5 Å². The van der Waals surface area contributed by atoms with Crippen molar-refractivity contribution in [1.29, 1.82) is 0 Å². The van der Waals surface area contributed by atoms with E-state index in [1.165, 1.54) is 31.6 Å². The summed E-state index contributed by atoms with van der Waals surface area (Å²) in [4.78, 5) is 14.4. The molecule has 4 aliphatic rings. The molecule has 2 aromatic rings. The zero-order chi connectivity index (χ0) is 21.7. The maximum absolute atomic E-state index is 10.7. The molecule has 1 aromatic carbocycles. The van der Waals surface area contributed by atoms with Crippen LogP contribution in [-0.2, 0) is 6.42 Å². The number of benzene rings is 1. The lowest BCUT2D eigenvalue weighted by molar-refractivity contribution is 0.381. The second-order valence-corrected chi connectivity index (χ2v) is 10.2. The Labute approximate surface area is 190 Å². The van der Waals surface area contributed by atoms with Crippen LogP contribution in [0.2, 0.25) is 0 Å². The predicted octanol–water partition coefficient (Wildman–Crippen LogP) is 4.62. The van der Waals surface area contributed by atoms with Gasteiger partial charge in [0.25, 0.3) is 0 Å². The lowest BCUT2D eigenvalue weighted by Gasteiger charge is -2.24. The molecule has 2 aliphatic carbocycles. The van der Waals surface area contributed by atoms with Gasteiger partial charge in [-0.25, -0.2) is 9.97 Å². The highest BCUT2D eigenvalue weighted by atomic mass is 16.3. The van der Waals surface area contributed by atoms with E-state index in [-0.39, 0.29) is 0 Å². The summed E-state index contributed by atoms with van der Waals surface area (Å²) in [6.07, 6.45) is 8.28. The van der Waals surface area contributed by atoms with Gasteiger partial charge in [-0.2, -0.15) is 0 Å². The van der Waals surface area contributed by atoms with Gasteiger partial charge in [-0.15, -0.1) is 0 Å². The molecule has 0 bridgehead atoms. The van der Waals surface area contributed by atoms with Gasteiger partial charge in [-0.1, -0.05) is 12.8 Å². The Morgan fingerprint density at radius 2 is 1.69 bits per heavy atom. The maximum Gasteiger partial charge on any atom is 0.227 e. The summed E-state index contributed by atoms with van der Waals surface area (Å²) in [5, 5.41) is 14.0. The first kappa shape index (κ1) is 20.0. The Morgan fingerprint density at radius 3 is 2.41 bits per heavy atom. The minimum atomic E-state index is 0.441. The minimum Gasteiger partial charge on any atom is -0.512 e. The topological polar surface area (TPSA) is 64.5 Å². The number of aryl methyl sites for hydroxylation is 1. The number of aliphatic hydroxyl groups is 1. The maximum atomic E-state index is 10.7. The Kier molecular flexibility index (Phi) is 5.05. The zero-order valence-electron chi connectivity index (χ0n) is 18.9. The van der Waals surface area contributed by atoms with E-state index in [4.69, 9.17) is 4.98 Å². The fraction of sp³-hybridized carbons (Fsp3) is 0.538. The van der Waals surface area contributed by atoms with Crippen LogP contribution in [0.4, 0.5) is 17.3 Å². The SMILES string of the molecule is CN1CC2CN(c3ccc(Nc4ncc5c(n4)C(C4CCCC4)=C(O)CC5)cc3)CC2C1. The van der Waals surface area contributed by atoms with Crippen LogP contribution >= 0.6 is 0 Å². The molecule has 2 unspecified atom stereocenters. The first-order valence-corrected chi connectivity index (χ1v) is 12.2. The molecule has 0 spiro atoms. The molecule has 2 N–H and O–H groups in total. The molecule has 3 heterocycles. The summed E-state index contributed by atoms with van der Waals surface area (Å²) in [6, 6.07) is 8.68. The van der Waals surface area contributed by atoms with E-state index in [9.17, 15) is 5.11 Å². The fourth-order valence-corrected chi connectivity index (χ4v) is 6.37. The van der Waals surface area contributed by atoms with Gasteiger partial charge in [-0.05, 0) is 73.9 Å². The molecular weight excluding hydrogens is 398 g/mol.